The Bertz CT molecular complexity index is 3460. The average Bonchev–Trinajstić information content (AvgIpc) is 3.72. The molecule has 4 nitrogen and oxygen atoms in total. The van der Waals surface area contributed by atoms with Crippen LogP contribution >= 0.6 is 0 Å². The minimum absolute atomic E-state index is 0.0822. The molecule has 0 radical (unpaired) electrons. The molecule has 2 heterocycles. The van der Waals surface area contributed by atoms with Gasteiger partial charge in [0, 0.05) is 29.7 Å². The molecule has 67 heavy (non-hydrogen) atoms. The Morgan fingerprint density at radius 1 is 0.537 bits per heavy atom. The van der Waals surface area contributed by atoms with Crippen LogP contribution in [0.25, 0.3) is 83.9 Å². The second kappa shape index (κ2) is 17.6. The Kier molecular flexibility index (Phi) is 10.3. The summed E-state index contributed by atoms with van der Waals surface area (Å²) in [6.07, 6.45) is 1.85. The van der Waals surface area contributed by atoms with Crippen LogP contribution in [-0.2, 0) is 10.8 Å². The molecular weight excluding hydrogens is 815 g/mol. The number of phenolic OH excluding ortho intramolecular Hbond substituents is 1. The monoisotopic (exact) mass is 883 g/mol. The molecular formula is C63H63N3O. The summed E-state index contributed by atoms with van der Waals surface area (Å²) in [6, 6.07) is 52.5. The zero-order valence-corrected chi connectivity index (χ0v) is 40.4. The van der Waals surface area contributed by atoms with E-state index in [4.69, 9.17) is 16.8 Å². The lowest BCUT2D eigenvalue weighted by Gasteiger charge is -2.27. The van der Waals surface area contributed by atoms with E-state index in [1.54, 1.807) is 6.07 Å². The highest BCUT2D eigenvalue weighted by Gasteiger charge is 2.29. The van der Waals surface area contributed by atoms with Gasteiger partial charge in [-0.3, -0.25) is 9.55 Å². The van der Waals surface area contributed by atoms with Crippen molar-refractivity contribution in [1.82, 2.24) is 14.5 Å². The van der Waals surface area contributed by atoms with Gasteiger partial charge in [-0.1, -0.05) is 172 Å². The molecule has 0 saturated carbocycles. The molecule has 0 atom stereocenters. The molecule has 0 amide bonds. The van der Waals surface area contributed by atoms with E-state index in [1.165, 1.54) is 0 Å². The van der Waals surface area contributed by atoms with Crippen LogP contribution in [0.2, 0.25) is 0 Å². The second-order valence-electron chi connectivity index (χ2n) is 20.4. The fraction of sp³-hybridized carbons (Fsp3) is 0.238. The van der Waals surface area contributed by atoms with Gasteiger partial charge in [-0.2, -0.15) is 0 Å². The van der Waals surface area contributed by atoms with Crippen molar-refractivity contribution in [2.75, 3.05) is 0 Å². The van der Waals surface area contributed by atoms with E-state index < -0.39 is 24.1 Å². The first-order valence-corrected chi connectivity index (χ1v) is 23.2. The zero-order valence-electron chi connectivity index (χ0n) is 45.4. The summed E-state index contributed by atoms with van der Waals surface area (Å²) in [7, 11) is 0. The first kappa shape index (κ1) is 39.2. The number of rotatable bonds is 9. The van der Waals surface area contributed by atoms with Crippen molar-refractivity contribution in [3.05, 3.63) is 192 Å². The highest BCUT2D eigenvalue weighted by molar-refractivity contribution is 5.98. The summed E-state index contributed by atoms with van der Waals surface area (Å²) in [4.78, 5) is 10.5. The summed E-state index contributed by atoms with van der Waals surface area (Å²) in [5, 5.41) is 12.6. The number of nitrogens with zero attached hydrogens (tertiary/aromatic N) is 3. The zero-order chi connectivity index (χ0) is 51.7. The Morgan fingerprint density at radius 3 is 1.78 bits per heavy atom. The number of phenols is 1. The standard InChI is InChI=1S/C63H63N3O/c1-39(2)46-30-47(40(3)4)32-49(31-46)44-25-26-57(41(5)29-44)66-58-24-18-23-53(59(58)65-61(66)54-37-52(62(6,7)8)38-55(60(54)67)63(9,10)11)50-33-48(43-21-16-13-17-22-43)34-51(35-50)56-36-45(27-28-64-56)42-19-14-12-15-20-42/h12-40,67H,1-11H3/i5D3,39D,40D. The van der Waals surface area contributed by atoms with Crippen molar-refractivity contribution in [3.63, 3.8) is 0 Å². The molecule has 4 heteroatoms. The lowest BCUT2D eigenvalue weighted by Crippen LogP contribution is -2.17. The van der Waals surface area contributed by atoms with Crippen LogP contribution in [0.15, 0.2) is 164 Å². The Morgan fingerprint density at radius 2 is 1.15 bits per heavy atom. The van der Waals surface area contributed by atoms with E-state index in [0.29, 0.717) is 33.7 Å². The van der Waals surface area contributed by atoms with Gasteiger partial charge in [0.05, 0.1) is 28.0 Å². The maximum absolute atomic E-state index is 12.6. The second-order valence-corrected chi connectivity index (χ2v) is 20.4. The van der Waals surface area contributed by atoms with Crippen molar-refractivity contribution in [1.29, 1.82) is 0 Å². The maximum Gasteiger partial charge on any atom is 0.149 e. The van der Waals surface area contributed by atoms with E-state index in [-0.39, 0.29) is 16.7 Å². The Balaban J connectivity index is 1.36. The van der Waals surface area contributed by atoms with Crippen LogP contribution in [0.1, 0.15) is 116 Å². The Labute approximate surface area is 405 Å². The van der Waals surface area contributed by atoms with Gasteiger partial charge in [0.1, 0.15) is 11.6 Å². The van der Waals surface area contributed by atoms with Gasteiger partial charge < -0.3 is 5.11 Å². The van der Waals surface area contributed by atoms with Crippen LogP contribution in [0.4, 0.5) is 0 Å². The molecule has 0 unspecified atom stereocenters. The highest BCUT2D eigenvalue weighted by atomic mass is 16.3. The fourth-order valence-electron chi connectivity index (χ4n) is 8.98. The number of aromatic hydroxyl groups is 1. The van der Waals surface area contributed by atoms with Gasteiger partial charge in [-0.05, 0) is 145 Å². The molecule has 336 valence electrons. The number of para-hydroxylation sites is 1. The van der Waals surface area contributed by atoms with E-state index in [1.807, 2.05) is 129 Å². The summed E-state index contributed by atoms with van der Waals surface area (Å²) in [5.41, 5.74) is 13.7. The van der Waals surface area contributed by atoms with Gasteiger partial charge in [0.25, 0.3) is 0 Å². The lowest BCUT2D eigenvalue weighted by molar-refractivity contribution is 0.446. The van der Waals surface area contributed by atoms with Crippen LogP contribution in [0, 0.1) is 6.85 Å². The van der Waals surface area contributed by atoms with Crippen molar-refractivity contribution in [3.8, 4) is 78.6 Å². The van der Waals surface area contributed by atoms with Gasteiger partial charge in [0.15, 0.2) is 0 Å². The molecule has 0 bridgehead atoms. The summed E-state index contributed by atoms with van der Waals surface area (Å²) < 4.78 is 47.3. The van der Waals surface area contributed by atoms with Crippen LogP contribution in [0.3, 0.4) is 0 Å². The number of imidazole rings is 1. The van der Waals surface area contributed by atoms with Crippen molar-refractivity contribution < 1.29 is 12.0 Å². The molecule has 0 aliphatic carbocycles. The third kappa shape index (κ3) is 8.98. The normalized spacial score (nSPS) is 13.7. The molecule has 2 aromatic heterocycles. The van der Waals surface area contributed by atoms with E-state index >= 15 is 0 Å². The minimum Gasteiger partial charge on any atom is -0.507 e. The maximum atomic E-state index is 12.6. The molecule has 0 fully saturated rings. The lowest BCUT2D eigenvalue weighted by atomic mass is 9.79. The summed E-state index contributed by atoms with van der Waals surface area (Å²) in [6.45, 7) is 17.3. The van der Waals surface area contributed by atoms with E-state index in [9.17, 15) is 5.11 Å². The fourth-order valence-corrected chi connectivity index (χ4v) is 8.98. The molecule has 0 spiro atoms. The molecule has 7 aromatic carbocycles. The van der Waals surface area contributed by atoms with Crippen LogP contribution in [-0.4, -0.2) is 19.6 Å². The Hall–Kier alpha value is -7.04. The minimum atomic E-state index is -2.60. The number of hydrogen-bond acceptors (Lipinski definition) is 3. The summed E-state index contributed by atoms with van der Waals surface area (Å²) >= 11 is 0. The highest BCUT2D eigenvalue weighted by Crippen LogP contribution is 2.45. The van der Waals surface area contributed by atoms with Crippen molar-refractivity contribution in [2.45, 2.75) is 98.7 Å². The van der Waals surface area contributed by atoms with Gasteiger partial charge in [0.2, 0.25) is 0 Å². The predicted molar refractivity (Wildman–Crippen MR) is 283 cm³/mol. The largest absolute Gasteiger partial charge is 0.507 e. The molecule has 0 saturated heterocycles. The van der Waals surface area contributed by atoms with Gasteiger partial charge in [-0.15, -0.1) is 0 Å². The molecule has 0 aliphatic rings. The number of fused-ring (bicyclic) bond motifs is 1. The van der Waals surface area contributed by atoms with E-state index in [0.717, 1.165) is 72.5 Å². The van der Waals surface area contributed by atoms with Crippen LogP contribution < -0.4 is 0 Å². The molecule has 9 rings (SSSR count). The summed E-state index contributed by atoms with van der Waals surface area (Å²) in [5.74, 6) is -1.45. The number of benzene rings is 7. The van der Waals surface area contributed by atoms with Crippen LogP contribution in [0.5, 0.6) is 5.75 Å². The number of hydrogen-bond donors (Lipinski definition) is 1. The number of aromatic nitrogens is 3. The third-order valence-corrected chi connectivity index (χ3v) is 12.9. The van der Waals surface area contributed by atoms with Gasteiger partial charge in [-0.25, -0.2) is 4.98 Å². The van der Waals surface area contributed by atoms with Crippen molar-refractivity contribution in [2.24, 2.45) is 0 Å². The quantitative estimate of drug-likeness (QED) is 0.157. The predicted octanol–water partition coefficient (Wildman–Crippen LogP) is 17.3. The number of aryl methyl sites for hydroxylation is 1. The van der Waals surface area contributed by atoms with E-state index in [2.05, 4.69) is 102 Å². The number of pyridine rings is 1. The third-order valence-electron chi connectivity index (χ3n) is 12.9. The molecule has 9 aromatic rings. The van der Waals surface area contributed by atoms with Gasteiger partial charge >= 0.3 is 0 Å². The SMILES string of the molecule is [2H]C([2H])([2H])c1cc(-c2cc(C([2H])(C)C)cc(C([2H])(C)C)c2)ccc1-n1c(-c2cc(C(C)(C)C)cc(C(C)(C)C)c2O)nc2c(-c3cc(-c4ccccc4)cc(-c4cc(-c5ccccc5)ccn4)c3)cccc21. The average molecular weight is 883 g/mol. The topological polar surface area (TPSA) is 50.9 Å². The smallest absolute Gasteiger partial charge is 0.149 e. The molecule has 0 aliphatic heterocycles. The molecule has 1 N–H and O–H groups in total. The van der Waals surface area contributed by atoms with Crippen molar-refractivity contribution >= 4 is 11.0 Å². The first-order valence-electron chi connectivity index (χ1n) is 25.7. The first-order chi connectivity index (χ1) is 33.8.